The fourth-order valence-corrected chi connectivity index (χ4v) is 1.87. The second kappa shape index (κ2) is 4.52. The van der Waals surface area contributed by atoms with Gasteiger partial charge in [0.25, 0.3) is 0 Å². The number of hydrogen-bond acceptors (Lipinski definition) is 4. The maximum atomic E-state index is 11.0. The van der Waals surface area contributed by atoms with E-state index in [0.29, 0.717) is 22.2 Å². The van der Waals surface area contributed by atoms with Crippen LogP contribution in [0, 0.1) is 6.92 Å². The standard InChI is InChI=1S/C13H13NO4/c1-7(15)6-14-9-4-3-5-10-11(9)8(2)12(18-10)13(16)17/h3-5,14H,6H2,1-2H3,(H,16,17). The molecule has 2 rings (SSSR count). The van der Waals surface area contributed by atoms with Gasteiger partial charge in [-0.2, -0.15) is 0 Å². The van der Waals surface area contributed by atoms with Crippen LogP contribution in [0.3, 0.4) is 0 Å². The molecule has 0 saturated carbocycles. The van der Waals surface area contributed by atoms with Crippen LogP contribution in [0.5, 0.6) is 0 Å². The summed E-state index contributed by atoms with van der Waals surface area (Å²) in [6.45, 7) is 3.37. The van der Waals surface area contributed by atoms with Crippen molar-refractivity contribution >= 4 is 28.4 Å². The van der Waals surface area contributed by atoms with Crippen LogP contribution >= 0.6 is 0 Å². The van der Waals surface area contributed by atoms with Gasteiger partial charge in [-0.05, 0) is 26.0 Å². The number of furan rings is 1. The van der Waals surface area contributed by atoms with E-state index in [1.54, 1.807) is 25.1 Å². The Morgan fingerprint density at radius 2 is 2.11 bits per heavy atom. The molecule has 94 valence electrons. The van der Waals surface area contributed by atoms with Crippen molar-refractivity contribution in [3.05, 3.63) is 29.5 Å². The van der Waals surface area contributed by atoms with Crippen molar-refractivity contribution in [2.24, 2.45) is 0 Å². The number of benzene rings is 1. The maximum Gasteiger partial charge on any atom is 0.372 e. The summed E-state index contributed by atoms with van der Waals surface area (Å²) in [4.78, 5) is 22.0. The molecular formula is C13H13NO4. The number of carboxylic acids is 1. The summed E-state index contributed by atoms with van der Waals surface area (Å²) in [5.41, 5.74) is 1.76. The zero-order valence-electron chi connectivity index (χ0n) is 10.1. The number of hydrogen-bond donors (Lipinski definition) is 2. The van der Waals surface area contributed by atoms with E-state index in [-0.39, 0.29) is 18.1 Å². The Bertz CT molecular complexity index is 627. The van der Waals surface area contributed by atoms with Crippen molar-refractivity contribution < 1.29 is 19.1 Å². The highest BCUT2D eigenvalue weighted by Gasteiger charge is 2.18. The molecule has 0 spiro atoms. The minimum absolute atomic E-state index is 0.00612. The normalized spacial score (nSPS) is 10.6. The first-order valence-corrected chi connectivity index (χ1v) is 5.49. The number of nitrogens with one attached hydrogen (secondary N) is 1. The molecule has 0 amide bonds. The molecule has 0 radical (unpaired) electrons. The Morgan fingerprint density at radius 3 is 2.72 bits per heavy atom. The molecule has 2 N–H and O–H groups in total. The molecule has 0 atom stereocenters. The van der Waals surface area contributed by atoms with Crippen molar-refractivity contribution in [3.63, 3.8) is 0 Å². The van der Waals surface area contributed by atoms with Crippen LogP contribution in [-0.2, 0) is 4.79 Å². The van der Waals surface area contributed by atoms with Crippen LogP contribution in [0.25, 0.3) is 11.0 Å². The minimum atomic E-state index is -1.10. The first-order valence-electron chi connectivity index (χ1n) is 5.49. The Kier molecular flexibility index (Phi) is 3.06. The predicted octanol–water partition coefficient (Wildman–Crippen LogP) is 2.44. The van der Waals surface area contributed by atoms with Crippen molar-refractivity contribution in [1.29, 1.82) is 0 Å². The number of carbonyl (C=O) groups excluding carboxylic acids is 1. The van der Waals surface area contributed by atoms with Crippen molar-refractivity contribution in [1.82, 2.24) is 0 Å². The smallest absolute Gasteiger partial charge is 0.372 e. The summed E-state index contributed by atoms with van der Waals surface area (Å²) in [6, 6.07) is 5.24. The lowest BCUT2D eigenvalue weighted by Crippen LogP contribution is -2.09. The summed E-state index contributed by atoms with van der Waals surface area (Å²) in [5, 5.41) is 12.7. The molecule has 1 aromatic carbocycles. The van der Waals surface area contributed by atoms with Gasteiger partial charge in [0.1, 0.15) is 11.4 Å². The maximum absolute atomic E-state index is 11.0. The molecule has 0 unspecified atom stereocenters. The van der Waals surface area contributed by atoms with Crippen LogP contribution in [-0.4, -0.2) is 23.4 Å². The minimum Gasteiger partial charge on any atom is -0.475 e. The number of carboxylic acid groups (broad SMARTS) is 1. The number of carbonyl (C=O) groups is 2. The zero-order chi connectivity index (χ0) is 13.3. The molecule has 2 aromatic rings. The van der Waals surface area contributed by atoms with Gasteiger partial charge in [0, 0.05) is 16.6 Å². The molecule has 0 aliphatic carbocycles. The molecule has 5 heteroatoms. The van der Waals surface area contributed by atoms with E-state index in [4.69, 9.17) is 9.52 Å². The lowest BCUT2D eigenvalue weighted by molar-refractivity contribution is -0.115. The molecule has 0 aliphatic rings. The quantitative estimate of drug-likeness (QED) is 0.867. The van der Waals surface area contributed by atoms with Crippen LogP contribution < -0.4 is 5.32 Å². The number of Topliss-reactive ketones (excluding diaryl/α,β-unsaturated/α-hetero) is 1. The Labute approximate surface area is 103 Å². The van der Waals surface area contributed by atoms with Gasteiger partial charge in [-0.15, -0.1) is 0 Å². The molecule has 0 bridgehead atoms. The van der Waals surface area contributed by atoms with E-state index < -0.39 is 5.97 Å². The number of aromatic carboxylic acids is 1. The highest BCUT2D eigenvalue weighted by molar-refractivity contribution is 6.01. The molecule has 5 nitrogen and oxygen atoms in total. The van der Waals surface area contributed by atoms with E-state index >= 15 is 0 Å². The topological polar surface area (TPSA) is 79.5 Å². The third kappa shape index (κ3) is 2.07. The Morgan fingerprint density at radius 1 is 1.39 bits per heavy atom. The molecule has 0 aliphatic heterocycles. The van der Waals surface area contributed by atoms with E-state index in [0.717, 1.165) is 0 Å². The average molecular weight is 247 g/mol. The molecule has 0 fully saturated rings. The van der Waals surface area contributed by atoms with Gasteiger partial charge < -0.3 is 14.8 Å². The van der Waals surface area contributed by atoms with Gasteiger partial charge in [-0.25, -0.2) is 4.79 Å². The van der Waals surface area contributed by atoms with Crippen molar-refractivity contribution in [2.75, 3.05) is 11.9 Å². The van der Waals surface area contributed by atoms with E-state index in [1.165, 1.54) is 6.92 Å². The lowest BCUT2D eigenvalue weighted by Gasteiger charge is -2.05. The molecule has 1 heterocycles. The van der Waals surface area contributed by atoms with Crippen LogP contribution in [0.4, 0.5) is 5.69 Å². The highest BCUT2D eigenvalue weighted by atomic mass is 16.4. The van der Waals surface area contributed by atoms with Gasteiger partial charge in [0.15, 0.2) is 0 Å². The fourth-order valence-electron chi connectivity index (χ4n) is 1.87. The molecule has 0 saturated heterocycles. The third-order valence-electron chi connectivity index (χ3n) is 2.68. The van der Waals surface area contributed by atoms with E-state index in [9.17, 15) is 9.59 Å². The van der Waals surface area contributed by atoms with Gasteiger partial charge in [0.2, 0.25) is 5.76 Å². The first-order chi connectivity index (χ1) is 8.50. The SMILES string of the molecule is CC(=O)CNc1cccc2oc(C(=O)O)c(C)c12. The van der Waals surface area contributed by atoms with Crippen LogP contribution in [0.15, 0.2) is 22.6 Å². The molecule has 18 heavy (non-hydrogen) atoms. The van der Waals surface area contributed by atoms with Crippen molar-refractivity contribution in [2.45, 2.75) is 13.8 Å². The summed E-state index contributed by atoms with van der Waals surface area (Å²) < 4.78 is 5.28. The van der Waals surface area contributed by atoms with Crippen LogP contribution in [0.2, 0.25) is 0 Å². The molecule has 1 aromatic heterocycles. The average Bonchev–Trinajstić information content (AvgIpc) is 2.65. The second-order valence-electron chi connectivity index (χ2n) is 4.10. The van der Waals surface area contributed by atoms with E-state index in [2.05, 4.69) is 5.32 Å². The summed E-state index contributed by atoms with van der Waals surface area (Å²) >= 11 is 0. The van der Waals surface area contributed by atoms with Gasteiger partial charge in [0.05, 0.1) is 6.54 Å². The Balaban J connectivity index is 2.54. The third-order valence-corrected chi connectivity index (χ3v) is 2.68. The number of ketones is 1. The lowest BCUT2D eigenvalue weighted by atomic mass is 10.1. The zero-order valence-corrected chi connectivity index (χ0v) is 10.1. The summed E-state index contributed by atoms with van der Waals surface area (Å²) in [5.74, 6) is -1.16. The van der Waals surface area contributed by atoms with Crippen LogP contribution in [0.1, 0.15) is 23.0 Å². The molecular weight excluding hydrogens is 234 g/mol. The summed E-state index contributed by atoms with van der Waals surface area (Å²) in [6.07, 6.45) is 0. The Hall–Kier alpha value is -2.30. The summed E-state index contributed by atoms with van der Waals surface area (Å²) in [7, 11) is 0. The number of fused-ring (bicyclic) bond motifs is 1. The van der Waals surface area contributed by atoms with Gasteiger partial charge >= 0.3 is 5.97 Å². The number of rotatable bonds is 4. The predicted molar refractivity (Wildman–Crippen MR) is 67.1 cm³/mol. The number of aryl methyl sites for hydroxylation is 1. The fraction of sp³-hybridized carbons (Fsp3) is 0.231. The van der Waals surface area contributed by atoms with Gasteiger partial charge in [-0.3, -0.25) is 4.79 Å². The second-order valence-corrected chi connectivity index (χ2v) is 4.10. The van der Waals surface area contributed by atoms with Gasteiger partial charge in [-0.1, -0.05) is 6.07 Å². The monoisotopic (exact) mass is 247 g/mol. The first kappa shape index (κ1) is 12.2. The highest BCUT2D eigenvalue weighted by Crippen LogP contribution is 2.31. The number of anilines is 1. The van der Waals surface area contributed by atoms with E-state index in [1.807, 2.05) is 0 Å². The largest absolute Gasteiger partial charge is 0.475 e. The van der Waals surface area contributed by atoms with Crippen molar-refractivity contribution in [3.8, 4) is 0 Å².